The molecular formula is C49H88O20. The number of unbranched alkanes of at least 4 members (excludes halogenated alkanes) is 13. The summed E-state index contributed by atoms with van der Waals surface area (Å²) < 4.78 is 46.9. The summed E-state index contributed by atoms with van der Waals surface area (Å²) in [6, 6.07) is 0. The Bertz CT molecular complexity index is 1410. The molecule has 3 aliphatic rings. The van der Waals surface area contributed by atoms with E-state index in [0.717, 1.165) is 103 Å². The van der Waals surface area contributed by atoms with Gasteiger partial charge in [0.25, 0.3) is 0 Å². The van der Waals surface area contributed by atoms with Crippen LogP contribution in [0.2, 0.25) is 0 Å². The minimum atomic E-state index is -1.90. The molecule has 9 N–H and O–H groups in total. The van der Waals surface area contributed by atoms with Crippen LogP contribution in [-0.4, -0.2) is 182 Å². The third-order valence-electron chi connectivity index (χ3n) is 13.0. The normalized spacial score (nSPS) is 31.0. The van der Waals surface area contributed by atoms with Crippen molar-refractivity contribution in [2.24, 2.45) is 5.92 Å². The minimum absolute atomic E-state index is 0.0192. The van der Waals surface area contributed by atoms with E-state index in [1.807, 2.05) is 13.8 Å². The maximum absolute atomic E-state index is 12.3. The molecule has 3 rings (SSSR count). The summed E-state index contributed by atoms with van der Waals surface area (Å²) in [6.07, 6.45) is -3.86. The van der Waals surface area contributed by atoms with Gasteiger partial charge in [-0.25, -0.2) is 4.79 Å². The van der Waals surface area contributed by atoms with Crippen molar-refractivity contribution in [2.45, 2.75) is 267 Å². The number of carbonyl (C=O) groups is 3. The molecule has 20 heteroatoms. The van der Waals surface area contributed by atoms with E-state index in [1.54, 1.807) is 0 Å². The number of aliphatic hydroxyl groups excluding tert-OH is 8. The Balaban J connectivity index is 1.59. The van der Waals surface area contributed by atoms with Gasteiger partial charge in [0.15, 0.2) is 31.1 Å². The highest BCUT2D eigenvalue weighted by atomic mass is 16.8. The molecule has 0 aromatic rings. The van der Waals surface area contributed by atoms with Gasteiger partial charge in [-0.05, 0) is 44.4 Å². The average molecular weight is 997 g/mol. The van der Waals surface area contributed by atoms with Gasteiger partial charge in [-0.1, -0.05) is 117 Å². The van der Waals surface area contributed by atoms with Gasteiger partial charge in [0.05, 0.1) is 25.4 Å². The van der Waals surface area contributed by atoms with Crippen LogP contribution < -0.4 is 0 Å². The first-order chi connectivity index (χ1) is 32.9. The Kier molecular flexibility index (Phi) is 29.7. The Morgan fingerprint density at radius 3 is 1.75 bits per heavy atom. The van der Waals surface area contributed by atoms with E-state index in [1.165, 1.54) is 0 Å². The van der Waals surface area contributed by atoms with Crippen molar-refractivity contribution >= 4 is 17.9 Å². The monoisotopic (exact) mass is 997 g/mol. The number of carbonyl (C=O) groups excluding carboxylic acids is 2. The molecule has 3 fully saturated rings. The van der Waals surface area contributed by atoms with Crippen LogP contribution in [0.15, 0.2) is 0 Å². The number of aliphatic hydroxyl groups is 8. The number of carboxylic acid groups (broad SMARTS) is 1. The van der Waals surface area contributed by atoms with Crippen LogP contribution in [-0.2, 0) is 52.3 Å². The summed E-state index contributed by atoms with van der Waals surface area (Å²) in [4.78, 5) is 35.0. The number of hydrogen-bond acceptors (Lipinski definition) is 19. The molecule has 0 amide bonds. The van der Waals surface area contributed by atoms with Crippen LogP contribution in [0, 0.1) is 5.92 Å². The van der Waals surface area contributed by atoms with Gasteiger partial charge in [0.2, 0.25) is 0 Å². The molecule has 0 saturated carbocycles. The zero-order valence-electron chi connectivity index (χ0n) is 41.5. The quantitative estimate of drug-likeness (QED) is 0.0325. The van der Waals surface area contributed by atoms with Crippen LogP contribution >= 0.6 is 0 Å². The summed E-state index contributed by atoms with van der Waals surface area (Å²) in [5.74, 6) is -2.51. The van der Waals surface area contributed by atoms with Crippen LogP contribution in [0.3, 0.4) is 0 Å². The first-order valence-electron chi connectivity index (χ1n) is 25.8. The zero-order valence-corrected chi connectivity index (χ0v) is 41.5. The van der Waals surface area contributed by atoms with Crippen molar-refractivity contribution < 1.29 is 98.2 Å². The highest BCUT2D eigenvalue weighted by Crippen LogP contribution is 2.33. The molecule has 404 valence electrons. The standard InChI is InChI=1S/C49H88O20/c1-5-6-7-18-23-33(24-20-22-32(51)21-17-15-13-11-9-8-10-12-14-16-19-25-34(52)46(60)61)66-48-44(39(55)35(53)27-63-48)69-49-45(41(57)37(29-64-49)65-31(4)50)68-47-43(59)42(58)40(56)36(67-47)28-62-38(54)26-30(2)3/h30,32-37,39-45,47-49,51-53,55-59H,5-29H2,1-4H3,(H,60,61)/t32-,33-,34+,35-,36-,37-,39+,40-,41+,42+,43-,44-,45-,47+,48+,49+/m0/s1. The van der Waals surface area contributed by atoms with E-state index in [9.17, 15) is 55.2 Å². The van der Waals surface area contributed by atoms with Crippen molar-refractivity contribution in [2.75, 3.05) is 19.8 Å². The van der Waals surface area contributed by atoms with Crippen molar-refractivity contribution in [3.63, 3.8) is 0 Å². The second kappa shape index (κ2) is 33.6. The van der Waals surface area contributed by atoms with Crippen molar-refractivity contribution in [3.8, 4) is 0 Å². The molecule has 0 aromatic carbocycles. The largest absolute Gasteiger partial charge is 0.479 e. The molecule has 3 saturated heterocycles. The lowest BCUT2D eigenvalue weighted by Crippen LogP contribution is -2.65. The number of ether oxygens (including phenoxy) is 8. The molecular weight excluding hydrogens is 909 g/mol. The lowest BCUT2D eigenvalue weighted by Gasteiger charge is -2.46. The van der Waals surface area contributed by atoms with E-state index in [2.05, 4.69) is 6.92 Å². The summed E-state index contributed by atoms with van der Waals surface area (Å²) in [6.45, 7) is 5.68. The lowest BCUT2D eigenvalue weighted by molar-refractivity contribution is -0.380. The molecule has 0 unspecified atom stereocenters. The van der Waals surface area contributed by atoms with Gasteiger partial charge in [-0.3, -0.25) is 9.59 Å². The lowest BCUT2D eigenvalue weighted by atomic mass is 9.98. The summed E-state index contributed by atoms with van der Waals surface area (Å²) in [5.41, 5.74) is 0. The topological polar surface area (TPSA) is 307 Å². The van der Waals surface area contributed by atoms with E-state index >= 15 is 0 Å². The zero-order chi connectivity index (χ0) is 50.9. The van der Waals surface area contributed by atoms with Crippen LogP contribution in [0.1, 0.15) is 169 Å². The highest BCUT2D eigenvalue weighted by Gasteiger charge is 2.52. The maximum Gasteiger partial charge on any atom is 0.332 e. The number of aliphatic carboxylic acids is 1. The molecule has 0 bridgehead atoms. The van der Waals surface area contributed by atoms with Gasteiger partial charge in [0.1, 0.15) is 61.5 Å². The van der Waals surface area contributed by atoms with Gasteiger partial charge in [0, 0.05) is 13.3 Å². The molecule has 0 radical (unpaired) electrons. The summed E-state index contributed by atoms with van der Waals surface area (Å²) in [5, 5.41) is 95.0. The molecule has 0 aliphatic carbocycles. The van der Waals surface area contributed by atoms with Gasteiger partial charge in [-0.2, -0.15) is 0 Å². The van der Waals surface area contributed by atoms with Crippen molar-refractivity contribution in [1.82, 2.24) is 0 Å². The summed E-state index contributed by atoms with van der Waals surface area (Å²) in [7, 11) is 0. The third-order valence-corrected chi connectivity index (χ3v) is 13.0. The Morgan fingerprint density at radius 1 is 0.609 bits per heavy atom. The fourth-order valence-electron chi connectivity index (χ4n) is 8.83. The fourth-order valence-corrected chi connectivity index (χ4v) is 8.83. The molecule has 0 spiro atoms. The van der Waals surface area contributed by atoms with Crippen LogP contribution in [0.25, 0.3) is 0 Å². The first-order valence-corrected chi connectivity index (χ1v) is 25.8. The number of esters is 2. The predicted molar refractivity (Wildman–Crippen MR) is 247 cm³/mol. The number of carboxylic acids is 1. The number of hydrogen-bond donors (Lipinski definition) is 9. The fraction of sp³-hybridized carbons (Fsp3) is 0.939. The third kappa shape index (κ3) is 22.7. The highest BCUT2D eigenvalue weighted by molar-refractivity contribution is 5.71. The SMILES string of the molecule is CCCCCC[C@@H](CCC[C@@H](O)CCCCCCCCCCCCC[C@@H](O)C(=O)O)O[C@H]1OC[C@H](O)[C@@H](O)[C@@H]1O[C@H]1OC[C@H](OC(C)=O)[C@@H](O)[C@@H]1O[C@H]1O[C@@H](COC(=O)CC(C)C)[C@H](O)[C@@H](O)[C@@H]1O. The molecule has 16 atom stereocenters. The Morgan fingerprint density at radius 2 is 1.14 bits per heavy atom. The van der Waals surface area contributed by atoms with Gasteiger partial charge < -0.3 is 83.9 Å². The second-order valence-corrected chi connectivity index (χ2v) is 19.6. The van der Waals surface area contributed by atoms with Crippen LogP contribution in [0.5, 0.6) is 0 Å². The number of rotatable bonds is 35. The molecule has 20 nitrogen and oxygen atoms in total. The Labute approximate surface area is 408 Å². The van der Waals surface area contributed by atoms with E-state index in [-0.39, 0.29) is 25.0 Å². The smallest absolute Gasteiger partial charge is 0.332 e. The predicted octanol–water partition coefficient (Wildman–Crippen LogP) is 3.28. The van der Waals surface area contributed by atoms with E-state index in [0.29, 0.717) is 38.5 Å². The maximum atomic E-state index is 12.3. The first kappa shape index (κ1) is 61.2. The van der Waals surface area contributed by atoms with Crippen molar-refractivity contribution in [1.29, 1.82) is 0 Å². The van der Waals surface area contributed by atoms with Crippen LogP contribution in [0.4, 0.5) is 0 Å². The van der Waals surface area contributed by atoms with Gasteiger partial charge in [-0.15, -0.1) is 0 Å². The molecule has 69 heavy (non-hydrogen) atoms. The Hall–Kier alpha value is -2.15. The van der Waals surface area contributed by atoms with E-state index < -0.39 is 123 Å². The minimum Gasteiger partial charge on any atom is -0.479 e. The van der Waals surface area contributed by atoms with Gasteiger partial charge >= 0.3 is 17.9 Å². The summed E-state index contributed by atoms with van der Waals surface area (Å²) >= 11 is 0. The molecule has 3 aliphatic heterocycles. The van der Waals surface area contributed by atoms with E-state index in [4.69, 9.17) is 43.0 Å². The average Bonchev–Trinajstić information content (AvgIpc) is 3.29. The molecule has 3 heterocycles. The second-order valence-electron chi connectivity index (χ2n) is 19.6. The molecule has 0 aromatic heterocycles. The van der Waals surface area contributed by atoms with Crippen molar-refractivity contribution in [3.05, 3.63) is 0 Å².